The Balaban J connectivity index is 2.02. The summed E-state index contributed by atoms with van der Waals surface area (Å²) in [6.07, 6.45) is 0. The number of rotatable bonds is 5. The molecule has 0 saturated heterocycles. The highest BCUT2D eigenvalue weighted by molar-refractivity contribution is 9.10. The molecule has 2 aromatic rings. The van der Waals surface area contributed by atoms with Crippen LogP contribution in [0.4, 0.5) is 0 Å². The van der Waals surface area contributed by atoms with Crippen molar-refractivity contribution < 1.29 is 4.74 Å². The molecule has 4 heteroatoms. The molecule has 0 aliphatic carbocycles. The highest BCUT2D eigenvalue weighted by Gasteiger charge is 2.01. The van der Waals surface area contributed by atoms with Gasteiger partial charge in [-0.05, 0) is 19.2 Å². The summed E-state index contributed by atoms with van der Waals surface area (Å²) in [4.78, 5) is 4.41. The Morgan fingerprint density at radius 3 is 2.78 bits per heavy atom. The fourth-order valence-electron chi connectivity index (χ4n) is 1.58. The lowest BCUT2D eigenvalue weighted by atomic mass is 10.2. The van der Waals surface area contributed by atoms with Crippen LogP contribution >= 0.6 is 15.9 Å². The van der Waals surface area contributed by atoms with Gasteiger partial charge >= 0.3 is 0 Å². The minimum Gasteiger partial charge on any atom is -0.473 e. The fraction of sp³-hybridized carbons (Fsp3) is 0.214. The summed E-state index contributed by atoms with van der Waals surface area (Å²) < 4.78 is 6.74. The molecule has 94 valence electrons. The summed E-state index contributed by atoms with van der Waals surface area (Å²) >= 11 is 3.50. The normalized spacial score (nSPS) is 10.3. The molecule has 18 heavy (non-hydrogen) atoms. The van der Waals surface area contributed by atoms with Gasteiger partial charge in [-0.1, -0.05) is 40.2 Å². The fourth-order valence-corrected chi connectivity index (χ4v) is 1.98. The third-order valence-electron chi connectivity index (χ3n) is 2.47. The lowest BCUT2D eigenvalue weighted by Gasteiger charge is -2.08. The SMILES string of the molecule is CNCc1cccc(OCc2ccccc2Br)n1. The van der Waals surface area contributed by atoms with Crippen molar-refractivity contribution in [1.82, 2.24) is 10.3 Å². The van der Waals surface area contributed by atoms with Crippen LogP contribution in [0, 0.1) is 0 Å². The number of pyridine rings is 1. The Bertz CT molecular complexity index is 517. The van der Waals surface area contributed by atoms with Crippen molar-refractivity contribution in [1.29, 1.82) is 0 Å². The minimum absolute atomic E-state index is 0.511. The highest BCUT2D eigenvalue weighted by atomic mass is 79.9. The van der Waals surface area contributed by atoms with Gasteiger partial charge in [0.2, 0.25) is 5.88 Å². The van der Waals surface area contributed by atoms with Crippen molar-refractivity contribution in [2.45, 2.75) is 13.2 Å². The number of ether oxygens (including phenoxy) is 1. The Hall–Kier alpha value is -1.39. The van der Waals surface area contributed by atoms with Gasteiger partial charge in [0, 0.05) is 22.6 Å². The van der Waals surface area contributed by atoms with Crippen LogP contribution in [0.1, 0.15) is 11.3 Å². The van der Waals surface area contributed by atoms with Crippen molar-refractivity contribution in [2.24, 2.45) is 0 Å². The Labute approximate surface area is 115 Å². The van der Waals surface area contributed by atoms with Crippen LogP contribution in [0.25, 0.3) is 0 Å². The molecule has 0 radical (unpaired) electrons. The highest BCUT2D eigenvalue weighted by Crippen LogP contribution is 2.18. The van der Waals surface area contributed by atoms with Crippen LogP contribution in [-0.4, -0.2) is 12.0 Å². The molecular weight excluding hydrogens is 292 g/mol. The standard InChI is InChI=1S/C14H15BrN2O/c1-16-9-12-6-4-8-14(17-12)18-10-11-5-2-3-7-13(11)15/h2-8,16H,9-10H2,1H3. The number of halogens is 1. The topological polar surface area (TPSA) is 34.1 Å². The van der Waals surface area contributed by atoms with Crippen LogP contribution in [0.2, 0.25) is 0 Å². The molecule has 0 fully saturated rings. The zero-order chi connectivity index (χ0) is 12.8. The quantitative estimate of drug-likeness (QED) is 0.921. The first-order valence-corrected chi connectivity index (χ1v) is 6.55. The van der Waals surface area contributed by atoms with Gasteiger partial charge in [-0.15, -0.1) is 0 Å². The van der Waals surface area contributed by atoms with Gasteiger partial charge in [-0.2, -0.15) is 0 Å². The zero-order valence-electron chi connectivity index (χ0n) is 10.2. The van der Waals surface area contributed by atoms with Crippen LogP contribution in [0.3, 0.4) is 0 Å². The molecule has 0 atom stereocenters. The van der Waals surface area contributed by atoms with E-state index in [1.165, 1.54) is 0 Å². The molecular formula is C14H15BrN2O. The minimum atomic E-state index is 0.511. The number of nitrogens with zero attached hydrogens (tertiary/aromatic N) is 1. The van der Waals surface area contributed by atoms with Crippen molar-refractivity contribution in [2.75, 3.05) is 7.05 Å². The summed E-state index contributed by atoms with van der Waals surface area (Å²) in [5, 5.41) is 3.07. The van der Waals surface area contributed by atoms with E-state index >= 15 is 0 Å². The number of hydrogen-bond acceptors (Lipinski definition) is 3. The Morgan fingerprint density at radius 1 is 1.17 bits per heavy atom. The number of benzene rings is 1. The van der Waals surface area contributed by atoms with E-state index in [0.717, 1.165) is 22.3 Å². The predicted molar refractivity (Wildman–Crippen MR) is 75.5 cm³/mol. The van der Waals surface area contributed by atoms with Crippen LogP contribution in [-0.2, 0) is 13.2 Å². The van der Waals surface area contributed by atoms with E-state index in [1.54, 1.807) is 0 Å². The Morgan fingerprint density at radius 2 is 2.00 bits per heavy atom. The maximum atomic E-state index is 5.69. The summed E-state index contributed by atoms with van der Waals surface area (Å²) in [6.45, 7) is 1.25. The van der Waals surface area contributed by atoms with Gasteiger partial charge in [-0.25, -0.2) is 4.98 Å². The molecule has 1 heterocycles. The molecule has 0 aliphatic heterocycles. The molecule has 2 rings (SSSR count). The van der Waals surface area contributed by atoms with E-state index in [2.05, 4.69) is 26.2 Å². The first-order chi connectivity index (χ1) is 8.79. The largest absolute Gasteiger partial charge is 0.473 e. The van der Waals surface area contributed by atoms with E-state index in [4.69, 9.17) is 4.74 Å². The van der Waals surface area contributed by atoms with Crippen molar-refractivity contribution in [3.05, 3.63) is 58.2 Å². The predicted octanol–water partition coefficient (Wildman–Crippen LogP) is 3.14. The van der Waals surface area contributed by atoms with E-state index in [0.29, 0.717) is 12.5 Å². The van der Waals surface area contributed by atoms with Gasteiger partial charge in [0.05, 0.1) is 5.69 Å². The summed E-state index contributed by atoms with van der Waals surface area (Å²) in [7, 11) is 1.90. The molecule has 0 saturated carbocycles. The second-order valence-electron chi connectivity index (χ2n) is 3.88. The third kappa shape index (κ3) is 3.55. The summed E-state index contributed by atoms with van der Waals surface area (Å²) in [5.41, 5.74) is 2.08. The molecule has 0 amide bonds. The summed E-state index contributed by atoms with van der Waals surface area (Å²) in [5.74, 6) is 0.651. The summed E-state index contributed by atoms with van der Waals surface area (Å²) in [6, 6.07) is 13.8. The monoisotopic (exact) mass is 306 g/mol. The smallest absolute Gasteiger partial charge is 0.213 e. The average molecular weight is 307 g/mol. The van der Waals surface area contributed by atoms with E-state index in [9.17, 15) is 0 Å². The lowest BCUT2D eigenvalue weighted by Crippen LogP contribution is -2.07. The van der Waals surface area contributed by atoms with E-state index in [-0.39, 0.29) is 0 Å². The third-order valence-corrected chi connectivity index (χ3v) is 3.25. The van der Waals surface area contributed by atoms with Crippen molar-refractivity contribution >= 4 is 15.9 Å². The molecule has 0 bridgehead atoms. The number of nitrogens with one attached hydrogen (secondary N) is 1. The van der Waals surface area contributed by atoms with Gasteiger partial charge in [0.15, 0.2) is 0 Å². The van der Waals surface area contributed by atoms with Crippen LogP contribution < -0.4 is 10.1 Å². The van der Waals surface area contributed by atoms with E-state index < -0.39 is 0 Å². The van der Waals surface area contributed by atoms with Gasteiger partial charge in [-0.3, -0.25) is 0 Å². The lowest BCUT2D eigenvalue weighted by molar-refractivity contribution is 0.292. The second-order valence-corrected chi connectivity index (χ2v) is 4.73. The van der Waals surface area contributed by atoms with Crippen LogP contribution in [0.15, 0.2) is 46.9 Å². The average Bonchev–Trinajstić information content (AvgIpc) is 2.39. The first-order valence-electron chi connectivity index (χ1n) is 5.76. The number of aromatic nitrogens is 1. The molecule has 1 aromatic carbocycles. The van der Waals surface area contributed by atoms with Crippen LogP contribution in [0.5, 0.6) is 5.88 Å². The van der Waals surface area contributed by atoms with Gasteiger partial charge < -0.3 is 10.1 Å². The van der Waals surface area contributed by atoms with E-state index in [1.807, 2.05) is 49.5 Å². The zero-order valence-corrected chi connectivity index (χ0v) is 11.8. The first kappa shape index (κ1) is 13.1. The van der Waals surface area contributed by atoms with Gasteiger partial charge in [0.1, 0.15) is 6.61 Å². The molecule has 1 aromatic heterocycles. The van der Waals surface area contributed by atoms with Gasteiger partial charge in [0.25, 0.3) is 0 Å². The maximum Gasteiger partial charge on any atom is 0.213 e. The molecule has 1 N–H and O–H groups in total. The maximum absolute atomic E-state index is 5.69. The molecule has 0 unspecified atom stereocenters. The molecule has 3 nitrogen and oxygen atoms in total. The molecule has 0 spiro atoms. The Kier molecular flexibility index (Phi) is 4.73. The molecule has 0 aliphatic rings. The van der Waals surface area contributed by atoms with Crippen molar-refractivity contribution in [3.8, 4) is 5.88 Å². The second kappa shape index (κ2) is 6.52. The number of hydrogen-bond donors (Lipinski definition) is 1. The van der Waals surface area contributed by atoms with Crippen molar-refractivity contribution in [3.63, 3.8) is 0 Å².